The van der Waals surface area contributed by atoms with Crippen molar-refractivity contribution in [1.29, 1.82) is 10.5 Å². The van der Waals surface area contributed by atoms with Crippen molar-refractivity contribution < 1.29 is 4.79 Å². The van der Waals surface area contributed by atoms with Crippen molar-refractivity contribution in [2.24, 2.45) is 0 Å². The Morgan fingerprint density at radius 1 is 1.10 bits per heavy atom. The summed E-state index contributed by atoms with van der Waals surface area (Å²) in [5, 5.41) is 18.0. The van der Waals surface area contributed by atoms with Crippen LogP contribution < -0.4 is 0 Å². The molecule has 1 aliphatic rings. The molecule has 0 unspecified atom stereocenters. The van der Waals surface area contributed by atoms with Crippen LogP contribution in [0.2, 0.25) is 0 Å². The number of nitrogens with zero attached hydrogens (tertiary/aromatic N) is 3. The van der Waals surface area contributed by atoms with E-state index in [1.54, 1.807) is 23.1 Å². The molecule has 0 aromatic heterocycles. The van der Waals surface area contributed by atoms with Crippen molar-refractivity contribution in [3.8, 4) is 23.4 Å². The lowest BCUT2D eigenvalue weighted by Gasteiger charge is -2.10. The normalized spacial score (nSPS) is 12.4. The molecule has 0 saturated carbocycles. The summed E-state index contributed by atoms with van der Waals surface area (Å²) in [4.78, 5) is 13.0. The highest BCUT2D eigenvalue weighted by Gasteiger charge is 2.22. The van der Waals surface area contributed by atoms with Gasteiger partial charge in [-0.05, 0) is 34.4 Å². The maximum absolute atomic E-state index is 11.3. The van der Waals surface area contributed by atoms with Gasteiger partial charge in [-0.2, -0.15) is 10.5 Å². The molecule has 21 heavy (non-hydrogen) atoms. The van der Waals surface area contributed by atoms with Crippen LogP contribution in [0.1, 0.15) is 27.0 Å². The third-order valence-electron chi connectivity index (χ3n) is 3.72. The van der Waals surface area contributed by atoms with Crippen LogP contribution in [-0.4, -0.2) is 11.2 Å². The Balaban J connectivity index is 2.16. The van der Waals surface area contributed by atoms with Crippen molar-refractivity contribution in [3.63, 3.8) is 0 Å². The summed E-state index contributed by atoms with van der Waals surface area (Å²) in [5.74, 6) is 0. The van der Waals surface area contributed by atoms with Gasteiger partial charge in [-0.3, -0.25) is 4.79 Å². The molecule has 1 heterocycles. The monoisotopic (exact) mass is 273 g/mol. The topological polar surface area (TPSA) is 67.9 Å². The molecule has 2 aromatic rings. The van der Waals surface area contributed by atoms with Crippen LogP contribution in [0.5, 0.6) is 0 Å². The Morgan fingerprint density at radius 3 is 2.67 bits per heavy atom. The smallest absolute Gasteiger partial charge is 0.179 e. The van der Waals surface area contributed by atoms with Crippen LogP contribution in [0.25, 0.3) is 11.1 Å². The SMILES string of the molecule is N#Cc1ccc(-c2cccc3c2CN(C#N)C3)c(C=O)c1. The number of nitriles is 2. The molecule has 0 saturated heterocycles. The molecule has 0 N–H and O–H groups in total. The molecule has 0 radical (unpaired) electrons. The summed E-state index contributed by atoms with van der Waals surface area (Å²) in [6.07, 6.45) is 2.93. The fourth-order valence-electron chi connectivity index (χ4n) is 2.72. The standard InChI is InChI=1S/C17H11N3O/c18-7-12-4-5-15(14(6-12)10-21)16-3-1-2-13-8-20(11-19)9-17(13)16/h1-6,10H,8-9H2. The third kappa shape index (κ3) is 2.13. The van der Waals surface area contributed by atoms with Gasteiger partial charge in [-0.15, -0.1) is 0 Å². The van der Waals surface area contributed by atoms with E-state index >= 15 is 0 Å². The van der Waals surface area contributed by atoms with E-state index in [1.165, 1.54) is 0 Å². The Kier molecular flexibility index (Phi) is 3.14. The molecule has 0 aliphatic carbocycles. The highest BCUT2D eigenvalue weighted by molar-refractivity contribution is 5.89. The Labute approximate surface area is 122 Å². The molecule has 0 spiro atoms. The van der Waals surface area contributed by atoms with E-state index in [1.807, 2.05) is 24.3 Å². The van der Waals surface area contributed by atoms with Gasteiger partial charge in [0, 0.05) is 5.56 Å². The number of aldehydes is 1. The number of benzene rings is 2. The number of fused-ring (bicyclic) bond motifs is 1. The van der Waals surface area contributed by atoms with Crippen LogP contribution in [0.15, 0.2) is 36.4 Å². The molecule has 0 bridgehead atoms. The highest BCUT2D eigenvalue weighted by Crippen LogP contribution is 2.34. The third-order valence-corrected chi connectivity index (χ3v) is 3.72. The number of rotatable bonds is 2. The van der Waals surface area contributed by atoms with Gasteiger partial charge in [-0.25, -0.2) is 0 Å². The van der Waals surface area contributed by atoms with E-state index in [-0.39, 0.29) is 0 Å². The first-order valence-electron chi connectivity index (χ1n) is 6.52. The molecule has 0 fully saturated rings. The number of carbonyl (C=O) groups is 1. The van der Waals surface area contributed by atoms with E-state index in [4.69, 9.17) is 10.5 Å². The summed E-state index contributed by atoms with van der Waals surface area (Å²) in [7, 11) is 0. The van der Waals surface area contributed by atoms with Gasteiger partial charge in [0.15, 0.2) is 12.5 Å². The van der Waals surface area contributed by atoms with E-state index in [9.17, 15) is 4.79 Å². The van der Waals surface area contributed by atoms with E-state index in [0.717, 1.165) is 28.5 Å². The predicted molar refractivity (Wildman–Crippen MR) is 76.8 cm³/mol. The zero-order valence-electron chi connectivity index (χ0n) is 11.2. The quantitative estimate of drug-likeness (QED) is 0.623. The molecule has 0 atom stereocenters. The minimum absolute atomic E-state index is 0.465. The predicted octanol–water partition coefficient (Wildman–Crippen LogP) is 2.83. The molecule has 100 valence electrons. The molecule has 3 rings (SSSR count). The average Bonchev–Trinajstić information content (AvgIpc) is 2.97. The summed E-state index contributed by atoms with van der Waals surface area (Å²) < 4.78 is 0. The highest BCUT2D eigenvalue weighted by atomic mass is 16.1. The maximum atomic E-state index is 11.3. The van der Waals surface area contributed by atoms with E-state index < -0.39 is 0 Å². The first kappa shape index (κ1) is 12.9. The van der Waals surface area contributed by atoms with Crippen LogP contribution >= 0.6 is 0 Å². The van der Waals surface area contributed by atoms with Gasteiger partial charge in [0.05, 0.1) is 24.7 Å². The van der Waals surface area contributed by atoms with E-state index in [2.05, 4.69) is 6.19 Å². The fraction of sp³-hybridized carbons (Fsp3) is 0.118. The summed E-state index contributed by atoms with van der Waals surface area (Å²) in [6.45, 7) is 1.16. The molecular formula is C17H11N3O. The van der Waals surface area contributed by atoms with Crippen molar-refractivity contribution in [3.05, 3.63) is 58.7 Å². The zero-order chi connectivity index (χ0) is 14.8. The molecule has 4 nitrogen and oxygen atoms in total. The zero-order valence-corrected chi connectivity index (χ0v) is 11.2. The Hall–Kier alpha value is -3.11. The molecule has 1 aliphatic heterocycles. The molecular weight excluding hydrogens is 262 g/mol. The average molecular weight is 273 g/mol. The number of hydrogen-bond acceptors (Lipinski definition) is 4. The van der Waals surface area contributed by atoms with Crippen molar-refractivity contribution >= 4 is 6.29 Å². The number of carbonyl (C=O) groups excluding carboxylic acids is 1. The second-order valence-electron chi connectivity index (χ2n) is 4.93. The van der Waals surface area contributed by atoms with Gasteiger partial charge >= 0.3 is 0 Å². The first-order valence-corrected chi connectivity index (χ1v) is 6.52. The van der Waals surface area contributed by atoms with Gasteiger partial charge in [0.25, 0.3) is 0 Å². The van der Waals surface area contributed by atoms with Gasteiger partial charge in [0.2, 0.25) is 0 Å². The van der Waals surface area contributed by atoms with Gasteiger partial charge in [0.1, 0.15) is 0 Å². The second-order valence-corrected chi connectivity index (χ2v) is 4.93. The Bertz CT molecular complexity index is 812. The van der Waals surface area contributed by atoms with Crippen molar-refractivity contribution in [1.82, 2.24) is 4.90 Å². The maximum Gasteiger partial charge on any atom is 0.179 e. The van der Waals surface area contributed by atoms with Crippen LogP contribution in [0.4, 0.5) is 0 Å². The van der Waals surface area contributed by atoms with Crippen LogP contribution in [-0.2, 0) is 13.1 Å². The van der Waals surface area contributed by atoms with Gasteiger partial charge in [-0.1, -0.05) is 24.3 Å². The minimum Gasteiger partial charge on any atom is -0.302 e. The van der Waals surface area contributed by atoms with E-state index in [0.29, 0.717) is 24.2 Å². The Morgan fingerprint density at radius 2 is 1.95 bits per heavy atom. The lowest BCUT2D eigenvalue weighted by Crippen LogP contribution is -2.07. The van der Waals surface area contributed by atoms with Crippen molar-refractivity contribution in [2.75, 3.05) is 0 Å². The second kappa shape index (κ2) is 5.11. The lowest BCUT2D eigenvalue weighted by molar-refractivity contribution is 0.112. The van der Waals surface area contributed by atoms with Crippen LogP contribution in [0, 0.1) is 22.8 Å². The van der Waals surface area contributed by atoms with Crippen LogP contribution in [0.3, 0.4) is 0 Å². The summed E-state index contributed by atoms with van der Waals surface area (Å²) >= 11 is 0. The largest absolute Gasteiger partial charge is 0.302 e. The minimum atomic E-state index is 0.465. The fourth-order valence-corrected chi connectivity index (χ4v) is 2.72. The lowest BCUT2D eigenvalue weighted by atomic mass is 9.93. The van der Waals surface area contributed by atoms with Gasteiger partial charge < -0.3 is 4.90 Å². The molecule has 2 aromatic carbocycles. The van der Waals surface area contributed by atoms with Crippen molar-refractivity contribution in [2.45, 2.75) is 13.1 Å². The molecule has 4 heteroatoms. The number of hydrogen-bond donors (Lipinski definition) is 0. The summed E-state index contributed by atoms with van der Waals surface area (Å²) in [6, 6.07) is 13.0. The first-order chi connectivity index (χ1) is 10.3. The summed E-state index contributed by atoms with van der Waals surface area (Å²) in [5.41, 5.74) is 4.91. The molecule has 0 amide bonds.